The molecule has 0 saturated carbocycles. The Hall–Kier alpha value is -2.26. The molecule has 100 valence electrons. The summed E-state index contributed by atoms with van der Waals surface area (Å²) in [5, 5.41) is 18.8. The molecule has 1 aromatic rings. The number of hydrogen-bond acceptors (Lipinski definition) is 5. The highest BCUT2D eigenvalue weighted by Gasteiger charge is 2.22. The van der Waals surface area contributed by atoms with Gasteiger partial charge in [-0.2, -0.15) is 5.26 Å². The van der Waals surface area contributed by atoms with E-state index in [4.69, 9.17) is 14.7 Å². The summed E-state index contributed by atoms with van der Waals surface area (Å²) in [4.78, 5) is 13.9. The first-order valence-corrected chi connectivity index (χ1v) is 5.85. The van der Waals surface area contributed by atoms with Crippen molar-refractivity contribution in [3.05, 3.63) is 23.3 Å². The number of amides is 1. The summed E-state index contributed by atoms with van der Waals surface area (Å²) in [7, 11) is 1.39. The molecular weight excluding hydrogens is 248 g/mol. The van der Waals surface area contributed by atoms with Crippen molar-refractivity contribution < 1.29 is 19.4 Å². The monoisotopic (exact) mass is 262 g/mol. The molecule has 0 bridgehead atoms. The maximum absolute atomic E-state index is 12.3. The van der Waals surface area contributed by atoms with Crippen LogP contribution in [-0.2, 0) is 4.74 Å². The van der Waals surface area contributed by atoms with Crippen LogP contribution < -0.4 is 4.74 Å². The van der Waals surface area contributed by atoms with E-state index in [2.05, 4.69) is 0 Å². The highest BCUT2D eigenvalue weighted by atomic mass is 16.5. The zero-order valence-corrected chi connectivity index (χ0v) is 10.5. The van der Waals surface area contributed by atoms with E-state index < -0.39 is 0 Å². The molecule has 0 aromatic heterocycles. The predicted molar refractivity (Wildman–Crippen MR) is 66.1 cm³/mol. The zero-order chi connectivity index (χ0) is 13.8. The van der Waals surface area contributed by atoms with Crippen molar-refractivity contribution in [3.8, 4) is 17.6 Å². The lowest BCUT2D eigenvalue weighted by molar-refractivity contribution is 0.0302. The van der Waals surface area contributed by atoms with Crippen LogP contribution in [0.25, 0.3) is 0 Å². The Kier molecular flexibility index (Phi) is 3.88. The summed E-state index contributed by atoms with van der Waals surface area (Å²) in [5.41, 5.74) is 0.369. The lowest BCUT2D eigenvalue weighted by Gasteiger charge is -2.27. The molecule has 0 atom stereocenters. The van der Waals surface area contributed by atoms with Gasteiger partial charge in [-0.25, -0.2) is 0 Å². The number of morpholine rings is 1. The molecule has 0 spiro atoms. The smallest absolute Gasteiger partial charge is 0.255 e. The highest BCUT2D eigenvalue weighted by molar-refractivity contribution is 5.97. The topological polar surface area (TPSA) is 82.8 Å². The van der Waals surface area contributed by atoms with E-state index in [1.165, 1.54) is 19.2 Å². The minimum Gasteiger partial charge on any atom is -0.504 e. The molecule has 1 aromatic carbocycles. The van der Waals surface area contributed by atoms with Gasteiger partial charge in [0, 0.05) is 19.2 Å². The molecule has 0 unspecified atom stereocenters. The van der Waals surface area contributed by atoms with Crippen molar-refractivity contribution >= 4 is 5.91 Å². The molecule has 19 heavy (non-hydrogen) atoms. The lowest BCUT2D eigenvalue weighted by Crippen LogP contribution is -2.40. The van der Waals surface area contributed by atoms with E-state index in [1.807, 2.05) is 6.07 Å². The number of phenolic OH excluding ortho intramolecular Hbond substituents is 1. The van der Waals surface area contributed by atoms with Crippen LogP contribution >= 0.6 is 0 Å². The molecule has 6 heteroatoms. The van der Waals surface area contributed by atoms with Gasteiger partial charge in [0.1, 0.15) is 6.07 Å². The van der Waals surface area contributed by atoms with Gasteiger partial charge in [0.05, 0.1) is 31.5 Å². The van der Waals surface area contributed by atoms with Gasteiger partial charge < -0.3 is 19.5 Å². The van der Waals surface area contributed by atoms with Crippen LogP contribution in [0.3, 0.4) is 0 Å². The van der Waals surface area contributed by atoms with Gasteiger partial charge in [0.15, 0.2) is 11.5 Å². The highest BCUT2D eigenvalue weighted by Crippen LogP contribution is 2.29. The van der Waals surface area contributed by atoms with E-state index in [0.29, 0.717) is 26.3 Å². The first-order valence-electron chi connectivity index (χ1n) is 5.85. The normalized spacial score (nSPS) is 14.8. The quantitative estimate of drug-likeness (QED) is 0.850. The summed E-state index contributed by atoms with van der Waals surface area (Å²) < 4.78 is 10.1. The van der Waals surface area contributed by atoms with Gasteiger partial charge in [0.25, 0.3) is 5.91 Å². The molecule has 1 heterocycles. The number of ether oxygens (including phenoxy) is 2. The average molecular weight is 262 g/mol. The number of rotatable bonds is 2. The third-order valence-corrected chi connectivity index (χ3v) is 2.97. The third-order valence-electron chi connectivity index (χ3n) is 2.97. The molecular formula is C13H14N2O4. The molecule has 6 nitrogen and oxygen atoms in total. The minimum atomic E-state index is -0.280. The standard InChI is InChI=1S/C13H14N2O4/c1-18-12-6-9(8-14)10(7-11(12)16)13(17)15-2-4-19-5-3-15/h6-7,16H,2-5H2,1H3. The van der Waals surface area contributed by atoms with Gasteiger partial charge in [-0.1, -0.05) is 0 Å². The molecule has 1 aliphatic rings. The molecule has 0 aliphatic carbocycles. The SMILES string of the molecule is COc1cc(C#N)c(C(=O)N2CCOCC2)cc1O. The van der Waals surface area contributed by atoms with Crippen LogP contribution in [0.15, 0.2) is 12.1 Å². The first kappa shape index (κ1) is 13.2. The number of benzene rings is 1. The van der Waals surface area contributed by atoms with E-state index >= 15 is 0 Å². The second kappa shape index (κ2) is 5.59. The Labute approximate surface area is 110 Å². The zero-order valence-electron chi connectivity index (χ0n) is 10.5. The lowest BCUT2D eigenvalue weighted by atomic mass is 10.1. The number of phenols is 1. The second-order valence-corrected chi connectivity index (χ2v) is 4.09. The number of nitrogens with zero attached hydrogens (tertiary/aromatic N) is 2. The van der Waals surface area contributed by atoms with Gasteiger partial charge in [-0.05, 0) is 6.07 Å². The summed E-state index contributed by atoms with van der Waals surface area (Å²) in [6, 6.07) is 4.58. The summed E-state index contributed by atoms with van der Waals surface area (Å²) in [6.45, 7) is 1.93. The van der Waals surface area contributed by atoms with Crippen molar-refractivity contribution in [2.75, 3.05) is 33.4 Å². The Morgan fingerprint density at radius 2 is 2.16 bits per heavy atom. The van der Waals surface area contributed by atoms with E-state index in [9.17, 15) is 9.90 Å². The fraction of sp³-hybridized carbons (Fsp3) is 0.385. The van der Waals surface area contributed by atoms with Crippen LogP contribution in [0.1, 0.15) is 15.9 Å². The minimum absolute atomic E-state index is 0.155. The number of methoxy groups -OCH3 is 1. The Morgan fingerprint density at radius 1 is 1.47 bits per heavy atom. The fourth-order valence-electron chi connectivity index (χ4n) is 1.94. The fourth-order valence-corrected chi connectivity index (χ4v) is 1.94. The molecule has 1 saturated heterocycles. The van der Waals surface area contributed by atoms with Crippen LogP contribution in [-0.4, -0.2) is 49.3 Å². The largest absolute Gasteiger partial charge is 0.504 e. The van der Waals surface area contributed by atoms with Crippen LogP contribution in [0.4, 0.5) is 0 Å². The third kappa shape index (κ3) is 2.61. The molecule has 0 radical (unpaired) electrons. The van der Waals surface area contributed by atoms with E-state index in [0.717, 1.165) is 0 Å². The van der Waals surface area contributed by atoms with Crippen molar-refractivity contribution in [2.24, 2.45) is 0 Å². The molecule has 2 rings (SSSR count). The number of aromatic hydroxyl groups is 1. The average Bonchev–Trinajstić information content (AvgIpc) is 2.47. The van der Waals surface area contributed by atoms with Gasteiger partial charge >= 0.3 is 0 Å². The van der Waals surface area contributed by atoms with Crippen molar-refractivity contribution in [1.29, 1.82) is 5.26 Å². The van der Waals surface area contributed by atoms with Crippen LogP contribution in [0.2, 0.25) is 0 Å². The van der Waals surface area contributed by atoms with E-state index in [-0.39, 0.29) is 28.5 Å². The summed E-state index contributed by atoms with van der Waals surface area (Å²) >= 11 is 0. The Balaban J connectivity index is 2.35. The molecule has 1 fully saturated rings. The second-order valence-electron chi connectivity index (χ2n) is 4.09. The van der Waals surface area contributed by atoms with E-state index in [1.54, 1.807) is 4.90 Å². The molecule has 1 amide bonds. The summed E-state index contributed by atoms with van der Waals surface area (Å²) in [5.74, 6) is -0.258. The van der Waals surface area contributed by atoms with Crippen LogP contribution in [0.5, 0.6) is 11.5 Å². The number of carbonyl (C=O) groups is 1. The predicted octanol–water partition coefficient (Wildman–Crippen LogP) is 0.745. The summed E-state index contributed by atoms with van der Waals surface area (Å²) in [6.07, 6.45) is 0. The number of hydrogen-bond donors (Lipinski definition) is 1. The Bertz CT molecular complexity index is 530. The number of nitriles is 1. The maximum Gasteiger partial charge on any atom is 0.255 e. The van der Waals surface area contributed by atoms with Crippen LogP contribution in [0, 0.1) is 11.3 Å². The number of carbonyl (C=O) groups excluding carboxylic acids is 1. The van der Waals surface area contributed by atoms with Gasteiger partial charge in [-0.15, -0.1) is 0 Å². The Morgan fingerprint density at radius 3 is 2.74 bits per heavy atom. The maximum atomic E-state index is 12.3. The van der Waals surface area contributed by atoms with Gasteiger partial charge in [-0.3, -0.25) is 4.79 Å². The molecule has 1 N–H and O–H groups in total. The van der Waals surface area contributed by atoms with Crippen molar-refractivity contribution in [3.63, 3.8) is 0 Å². The first-order chi connectivity index (χ1) is 9.17. The van der Waals surface area contributed by atoms with Crippen molar-refractivity contribution in [1.82, 2.24) is 4.90 Å². The van der Waals surface area contributed by atoms with Crippen molar-refractivity contribution in [2.45, 2.75) is 0 Å². The molecule has 1 aliphatic heterocycles. The van der Waals surface area contributed by atoms with Gasteiger partial charge in [0.2, 0.25) is 0 Å².